The highest BCUT2D eigenvalue weighted by molar-refractivity contribution is 6.30. The first kappa shape index (κ1) is 29.3. The van der Waals surface area contributed by atoms with Gasteiger partial charge in [-0.3, -0.25) is 14.2 Å². The molecular formula is C26H31ClF2N6O5. The maximum Gasteiger partial charge on any atom is 0.387 e. The molecule has 40 heavy (non-hydrogen) atoms. The van der Waals surface area contributed by atoms with Gasteiger partial charge in [0.05, 0.1) is 25.2 Å². The van der Waals surface area contributed by atoms with Crippen LogP contribution >= 0.6 is 11.6 Å². The van der Waals surface area contributed by atoms with Crippen molar-refractivity contribution < 1.29 is 33.0 Å². The number of carboxylic acid groups (broad SMARTS) is 1. The predicted molar refractivity (Wildman–Crippen MR) is 142 cm³/mol. The number of hydrogen-bond acceptors (Lipinski definition) is 7. The van der Waals surface area contributed by atoms with E-state index in [0.717, 1.165) is 5.69 Å². The van der Waals surface area contributed by atoms with Crippen LogP contribution in [0.15, 0.2) is 42.9 Å². The Labute approximate surface area is 234 Å². The number of carbonyl (C=O) groups excluding carboxylic acids is 1. The van der Waals surface area contributed by atoms with Crippen molar-refractivity contribution in [2.45, 2.75) is 50.8 Å². The monoisotopic (exact) mass is 580 g/mol. The molecule has 0 unspecified atom stereocenters. The average Bonchev–Trinajstić information content (AvgIpc) is 3.59. The van der Waals surface area contributed by atoms with Crippen LogP contribution in [-0.2, 0) is 15.1 Å². The quantitative estimate of drug-likeness (QED) is 0.345. The lowest BCUT2D eigenvalue weighted by atomic mass is 9.85. The Hall–Kier alpha value is -3.71. The van der Waals surface area contributed by atoms with E-state index in [9.17, 15) is 23.5 Å². The van der Waals surface area contributed by atoms with Gasteiger partial charge in [-0.15, -0.1) is 0 Å². The molecule has 1 aliphatic rings. The summed E-state index contributed by atoms with van der Waals surface area (Å²) in [7, 11) is 1.47. The van der Waals surface area contributed by atoms with Crippen molar-refractivity contribution in [2.24, 2.45) is 0 Å². The summed E-state index contributed by atoms with van der Waals surface area (Å²) >= 11 is 5.97. The largest absolute Gasteiger partial charge is 0.493 e. The maximum atomic E-state index is 14.0. The molecule has 216 valence electrons. The van der Waals surface area contributed by atoms with Gasteiger partial charge in [-0.25, -0.2) is 4.79 Å². The molecule has 2 aromatic heterocycles. The fourth-order valence-electron chi connectivity index (χ4n) is 4.90. The molecule has 0 bridgehead atoms. The Kier molecular flexibility index (Phi) is 8.94. The SMILES string of the molecule is COc1cnn([C@@H](CN2CCC(C(=O)Nc3ccc(Cl)cc3OC(F)F)(n3nccc3C(C)C)CC2)C(=O)O)c1. The number of aromatic nitrogens is 4. The summed E-state index contributed by atoms with van der Waals surface area (Å²) in [5.41, 5.74) is -0.293. The molecule has 1 saturated heterocycles. The highest BCUT2D eigenvalue weighted by Gasteiger charge is 2.46. The molecule has 14 heteroatoms. The minimum absolute atomic E-state index is 0.0460. The van der Waals surface area contributed by atoms with E-state index in [4.69, 9.17) is 16.3 Å². The van der Waals surface area contributed by atoms with E-state index in [1.165, 1.54) is 42.4 Å². The third kappa shape index (κ3) is 6.20. The molecular weight excluding hydrogens is 550 g/mol. The van der Waals surface area contributed by atoms with Crippen LogP contribution in [0.3, 0.4) is 0 Å². The van der Waals surface area contributed by atoms with Crippen LogP contribution in [0.5, 0.6) is 11.5 Å². The number of nitrogens with zero attached hydrogens (tertiary/aromatic N) is 5. The summed E-state index contributed by atoms with van der Waals surface area (Å²) < 4.78 is 38.9. The minimum Gasteiger partial charge on any atom is -0.493 e. The number of carbonyl (C=O) groups is 2. The van der Waals surface area contributed by atoms with Gasteiger partial charge in [0.1, 0.15) is 5.54 Å². The number of piperidine rings is 1. The Balaban J connectivity index is 1.60. The number of ether oxygens (including phenoxy) is 2. The van der Waals surface area contributed by atoms with Gasteiger partial charge in [0.25, 0.3) is 5.91 Å². The lowest BCUT2D eigenvalue weighted by Gasteiger charge is -2.42. The molecule has 0 aliphatic carbocycles. The molecule has 4 rings (SSSR count). The second-order valence-corrected chi connectivity index (χ2v) is 10.3. The number of benzene rings is 1. The van der Waals surface area contributed by atoms with Crippen LogP contribution in [-0.4, -0.2) is 74.8 Å². The van der Waals surface area contributed by atoms with E-state index in [1.807, 2.05) is 24.8 Å². The number of nitrogens with one attached hydrogen (secondary N) is 1. The average molecular weight is 581 g/mol. The highest BCUT2D eigenvalue weighted by atomic mass is 35.5. The van der Waals surface area contributed by atoms with Crippen molar-refractivity contribution in [1.29, 1.82) is 0 Å². The van der Waals surface area contributed by atoms with E-state index in [1.54, 1.807) is 10.9 Å². The van der Waals surface area contributed by atoms with E-state index in [0.29, 0.717) is 18.8 Å². The summed E-state index contributed by atoms with van der Waals surface area (Å²) in [6.07, 6.45) is 5.15. The van der Waals surface area contributed by atoms with Gasteiger partial charge >= 0.3 is 12.6 Å². The van der Waals surface area contributed by atoms with Crippen molar-refractivity contribution in [3.05, 3.63) is 53.6 Å². The second kappa shape index (κ2) is 12.2. The number of alkyl halides is 2. The molecule has 1 fully saturated rings. The van der Waals surface area contributed by atoms with Gasteiger partial charge in [-0.1, -0.05) is 25.4 Å². The Morgan fingerprint density at radius 3 is 2.52 bits per heavy atom. The van der Waals surface area contributed by atoms with Crippen LogP contribution in [0, 0.1) is 0 Å². The summed E-state index contributed by atoms with van der Waals surface area (Å²) in [6.45, 7) is 1.75. The molecule has 3 heterocycles. The van der Waals surface area contributed by atoms with Crippen LogP contribution in [0.2, 0.25) is 5.02 Å². The van der Waals surface area contributed by atoms with Crippen molar-refractivity contribution in [3.8, 4) is 11.5 Å². The summed E-state index contributed by atoms with van der Waals surface area (Å²) in [5.74, 6) is -1.27. The topological polar surface area (TPSA) is 124 Å². The number of likely N-dealkylation sites (tertiary alicyclic amines) is 1. The number of hydrogen-bond donors (Lipinski definition) is 2. The van der Waals surface area contributed by atoms with E-state index in [2.05, 4.69) is 20.3 Å². The van der Waals surface area contributed by atoms with Crippen LogP contribution in [0.4, 0.5) is 14.5 Å². The smallest absolute Gasteiger partial charge is 0.387 e. The zero-order valence-corrected chi connectivity index (χ0v) is 23.0. The molecule has 0 spiro atoms. The van der Waals surface area contributed by atoms with Gasteiger partial charge in [0.2, 0.25) is 0 Å². The molecule has 3 aromatic rings. The molecule has 1 aliphatic heterocycles. The van der Waals surface area contributed by atoms with Gasteiger partial charge in [-0.2, -0.15) is 19.0 Å². The van der Waals surface area contributed by atoms with Crippen LogP contribution in [0.1, 0.15) is 44.3 Å². The predicted octanol–water partition coefficient (Wildman–Crippen LogP) is 4.22. The number of halogens is 3. The third-order valence-electron chi connectivity index (χ3n) is 7.03. The fourth-order valence-corrected chi connectivity index (χ4v) is 5.06. The summed E-state index contributed by atoms with van der Waals surface area (Å²) in [6, 6.07) is 4.95. The van der Waals surface area contributed by atoms with Crippen molar-refractivity contribution in [3.63, 3.8) is 0 Å². The van der Waals surface area contributed by atoms with Crippen molar-refractivity contribution >= 4 is 29.2 Å². The Morgan fingerprint density at radius 2 is 1.93 bits per heavy atom. The fraction of sp³-hybridized carbons (Fsp3) is 0.462. The number of amides is 1. The molecule has 2 N–H and O–H groups in total. The first-order valence-corrected chi connectivity index (χ1v) is 13.1. The van der Waals surface area contributed by atoms with Crippen LogP contribution < -0.4 is 14.8 Å². The standard InChI is InChI=1S/C26H31ClF2N6O5/c1-16(2)20-6-9-30-35(20)26(24(38)32-19-5-4-17(27)12-22(19)40-25(28)29)7-10-33(11-8-26)15-21(23(36)37)34-14-18(39-3)13-31-34/h4-6,9,12-14,16,21,25H,7-8,10-11,15H2,1-3H3,(H,32,38)(H,36,37)/t21-/m0/s1. The zero-order chi connectivity index (χ0) is 29.0. The Morgan fingerprint density at radius 1 is 1.20 bits per heavy atom. The minimum atomic E-state index is -3.11. The molecule has 11 nitrogen and oxygen atoms in total. The lowest BCUT2D eigenvalue weighted by molar-refractivity contribution is -0.142. The molecule has 0 saturated carbocycles. The van der Waals surface area contributed by atoms with Crippen LogP contribution in [0.25, 0.3) is 0 Å². The number of rotatable bonds is 11. The van der Waals surface area contributed by atoms with E-state index < -0.39 is 30.1 Å². The lowest BCUT2D eigenvalue weighted by Crippen LogP contribution is -2.55. The Bertz CT molecular complexity index is 1340. The van der Waals surface area contributed by atoms with Gasteiger partial charge in [0.15, 0.2) is 17.5 Å². The van der Waals surface area contributed by atoms with E-state index in [-0.39, 0.29) is 41.8 Å². The maximum absolute atomic E-state index is 14.0. The number of carboxylic acids is 1. The highest BCUT2D eigenvalue weighted by Crippen LogP contribution is 2.37. The van der Waals surface area contributed by atoms with E-state index >= 15 is 0 Å². The number of methoxy groups -OCH3 is 1. The first-order chi connectivity index (χ1) is 19.0. The van der Waals surface area contributed by atoms with Crippen molar-refractivity contribution in [2.75, 3.05) is 32.1 Å². The van der Waals surface area contributed by atoms with Gasteiger partial charge in [-0.05, 0) is 37.0 Å². The normalized spacial score (nSPS) is 16.2. The molecule has 1 amide bonds. The summed E-state index contributed by atoms with van der Waals surface area (Å²) in [5, 5.41) is 21.4. The van der Waals surface area contributed by atoms with Gasteiger partial charge in [0, 0.05) is 42.6 Å². The third-order valence-corrected chi connectivity index (χ3v) is 7.27. The zero-order valence-electron chi connectivity index (χ0n) is 22.3. The molecule has 1 atom stereocenters. The molecule has 1 aromatic carbocycles. The van der Waals surface area contributed by atoms with Gasteiger partial charge < -0.3 is 24.8 Å². The number of anilines is 1. The first-order valence-electron chi connectivity index (χ1n) is 12.7. The molecule has 0 radical (unpaired) electrons. The van der Waals surface area contributed by atoms with Crippen molar-refractivity contribution in [1.82, 2.24) is 24.5 Å². The number of aliphatic carboxylic acids is 1. The summed E-state index contributed by atoms with van der Waals surface area (Å²) in [4.78, 5) is 28.0. The second-order valence-electron chi connectivity index (χ2n) is 9.84.